The molecule has 0 unspecified atom stereocenters. The number of amides is 1. The first-order valence-corrected chi connectivity index (χ1v) is 5.64. The molecule has 4 heteroatoms. The Morgan fingerprint density at radius 2 is 1.76 bits per heavy atom. The van der Waals surface area contributed by atoms with Crippen molar-refractivity contribution in [2.75, 3.05) is 34.3 Å². The van der Waals surface area contributed by atoms with Gasteiger partial charge in [-0.05, 0) is 24.7 Å². The van der Waals surface area contributed by atoms with Gasteiger partial charge in [0.25, 0.3) is 5.91 Å². The van der Waals surface area contributed by atoms with Crippen molar-refractivity contribution in [3.05, 3.63) is 35.4 Å². The summed E-state index contributed by atoms with van der Waals surface area (Å²) >= 11 is 0. The second kappa shape index (κ2) is 6.37. The largest absolute Gasteiger partial charge is 0.395 e. The quantitative estimate of drug-likeness (QED) is 0.823. The van der Waals surface area contributed by atoms with Gasteiger partial charge in [-0.2, -0.15) is 0 Å². The van der Waals surface area contributed by atoms with Gasteiger partial charge < -0.3 is 10.0 Å². The molecule has 0 aromatic heterocycles. The fraction of sp³-hybridized carbons (Fsp3) is 0.462. The predicted molar refractivity (Wildman–Crippen MR) is 67.9 cm³/mol. The summed E-state index contributed by atoms with van der Waals surface area (Å²) in [7, 11) is 5.44. The minimum Gasteiger partial charge on any atom is -0.395 e. The maximum Gasteiger partial charge on any atom is 0.253 e. The number of hydrogen-bond acceptors (Lipinski definition) is 3. The molecular formula is C13H20N2O2. The minimum atomic E-state index is 0.0141. The van der Waals surface area contributed by atoms with E-state index in [1.807, 2.05) is 36.2 Å². The van der Waals surface area contributed by atoms with Crippen LogP contribution in [0.5, 0.6) is 0 Å². The van der Waals surface area contributed by atoms with Crippen LogP contribution in [-0.4, -0.2) is 55.1 Å². The zero-order valence-corrected chi connectivity index (χ0v) is 10.7. The molecule has 0 bridgehead atoms. The Hall–Kier alpha value is -1.39. The molecular weight excluding hydrogens is 216 g/mol. The van der Waals surface area contributed by atoms with E-state index in [9.17, 15) is 4.79 Å². The summed E-state index contributed by atoms with van der Waals surface area (Å²) in [5.74, 6) is 0.0141. The first-order valence-electron chi connectivity index (χ1n) is 5.64. The highest BCUT2D eigenvalue weighted by Gasteiger charge is 2.07. The van der Waals surface area contributed by atoms with Crippen LogP contribution >= 0.6 is 0 Å². The molecule has 0 atom stereocenters. The second-order valence-corrected chi connectivity index (χ2v) is 4.36. The third-order valence-electron chi connectivity index (χ3n) is 2.54. The van der Waals surface area contributed by atoms with E-state index in [2.05, 4.69) is 0 Å². The fourth-order valence-corrected chi connectivity index (χ4v) is 1.57. The number of aliphatic hydroxyl groups excluding tert-OH is 1. The molecule has 0 fully saturated rings. The fourth-order valence-electron chi connectivity index (χ4n) is 1.57. The molecule has 0 radical (unpaired) electrons. The molecule has 1 aromatic rings. The van der Waals surface area contributed by atoms with Gasteiger partial charge >= 0.3 is 0 Å². The van der Waals surface area contributed by atoms with Gasteiger partial charge in [0.15, 0.2) is 0 Å². The van der Waals surface area contributed by atoms with Crippen molar-refractivity contribution in [3.63, 3.8) is 0 Å². The van der Waals surface area contributed by atoms with Gasteiger partial charge in [0.1, 0.15) is 0 Å². The highest BCUT2D eigenvalue weighted by molar-refractivity contribution is 5.93. The number of benzene rings is 1. The number of carbonyl (C=O) groups is 1. The van der Waals surface area contributed by atoms with Crippen LogP contribution < -0.4 is 0 Å². The molecule has 1 amide bonds. The molecule has 4 nitrogen and oxygen atoms in total. The summed E-state index contributed by atoms with van der Waals surface area (Å²) in [5, 5.41) is 8.80. The summed E-state index contributed by atoms with van der Waals surface area (Å²) in [6.07, 6.45) is 0. The Morgan fingerprint density at radius 3 is 2.24 bits per heavy atom. The molecule has 94 valence electrons. The SMILES string of the molecule is CN(CCO)Cc1ccc(C(=O)N(C)C)cc1. The van der Waals surface area contributed by atoms with E-state index in [4.69, 9.17) is 5.11 Å². The van der Waals surface area contributed by atoms with E-state index in [-0.39, 0.29) is 12.5 Å². The minimum absolute atomic E-state index is 0.0141. The van der Waals surface area contributed by atoms with Gasteiger partial charge in [0.05, 0.1) is 6.61 Å². The molecule has 0 heterocycles. The molecule has 0 aliphatic heterocycles. The molecule has 1 aromatic carbocycles. The van der Waals surface area contributed by atoms with E-state index < -0.39 is 0 Å². The van der Waals surface area contributed by atoms with Crippen LogP contribution in [0.1, 0.15) is 15.9 Å². The van der Waals surface area contributed by atoms with E-state index in [1.165, 1.54) is 0 Å². The lowest BCUT2D eigenvalue weighted by Gasteiger charge is -2.15. The Morgan fingerprint density at radius 1 is 1.18 bits per heavy atom. The van der Waals surface area contributed by atoms with Gasteiger partial charge in [-0.25, -0.2) is 0 Å². The van der Waals surface area contributed by atoms with Crippen molar-refractivity contribution >= 4 is 5.91 Å². The molecule has 0 spiro atoms. The first-order chi connectivity index (χ1) is 8.04. The molecule has 0 saturated heterocycles. The summed E-state index contributed by atoms with van der Waals surface area (Å²) in [6.45, 7) is 1.59. The zero-order valence-electron chi connectivity index (χ0n) is 10.7. The van der Waals surface area contributed by atoms with Crippen molar-refractivity contribution in [1.82, 2.24) is 9.80 Å². The highest BCUT2D eigenvalue weighted by Crippen LogP contribution is 2.08. The summed E-state index contributed by atoms with van der Waals surface area (Å²) in [5.41, 5.74) is 1.83. The number of carbonyl (C=O) groups excluding carboxylic acids is 1. The van der Waals surface area contributed by atoms with Crippen LogP contribution in [0.2, 0.25) is 0 Å². The first kappa shape index (κ1) is 13.7. The third kappa shape index (κ3) is 4.17. The number of aliphatic hydroxyl groups is 1. The number of likely N-dealkylation sites (N-methyl/N-ethyl adjacent to an activating group) is 1. The number of hydrogen-bond donors (Lipinski definition) is 1. The lowest BCUT2D eigenvalue weighted by Crippen LogP contribution is -2.22. The molecule has 0 saturated carbocycles. The Labute approximate surface area is 102 Å². The monoisotopic (exact) mass is 236 g/mol. The van der Waals surface area contributed by atoms with Gasteiger partial charge in [-0.1, -0.05) is 12.1 Å². The molecule has 1 rings (SSSR count). The Bertz CT molecular complexity index is 360. The normalized spacial score (nSPS) is 10.6. The highest BCUT2D eigenvalue weighted by atomic mass is 16.3. The summed E-state index contributed by atoms with van der Waals surface area (Å²) in [4.78, 5) is 15.3. The van der Waals surface area contributed by atoms with Gasteiger partial charge in [-0.3, -0.25) is 9.69 Å². The van der Waals surface area contributed by atoms with E-state index in [0.29, 0.717) is 12.1 Å². The van der Waals surface area contributed by atoms with E-state index >= 15 is 0 Å². The van der Waals surface area contributed by atoms with Crippen LogP contribution in [0.4, 0.5) is 0 Å². The molecule has 1 N–H and O–H groups in total. The topological polar surface area (TPSA) is 43.8 Å². The smallest absolute Gasteiger partial charge is 0.253 e. The number of rotatable bonds is 5. The van der Waals surface area contributed by atoms with Crippen LogP contribution in [0, 0.1) is 0 Å². The molecule has 17 heavy (non-hydrogen) atoms. The molecule has 0 aliphatic rings. The number of nitrogens with zero attached hydrogens (tertiary/aromatic N) is 2. The zero-order chi connectivity index (χ0) is 12.8. The van der Waals surface area contributed by atoms with Crippen LogP contribution in [0.3, 0.4) is 0 Å². The summed E-state index contributed by atoms with van der Waals surface area (Å²) < 4.78 is 0. The van der Waals surface area contributed by atoms with Crippen molar-refractivity contribution in [2.24, 2.45) is 0 Å². The van der Waals surface area contributed by atoms with Crippen LogP contribution in [0.25, 0.3) is 0 Å². The standard InChI is InChI=1S/C13H20N2O2/c1-14(2)13(17)12-6-4-11(5-7-12)10-15(3)8-9-16/h4-7,16H,8-10H2,1-3H3. The Kier molecular flexibility index (Phi) is 5.12. The Balaban J connectivity index is 2.65. The van der Waals surface area contributed by atoms with E-state index in [0.717, 1.165) is 12.1 Å². The van der Waals surface area contributed by atoms with Crippen molar-refractivity contribution in [3.8, 4) is 0 Å². The third-order valence-corrected chi connectivity index (χ3v) is 2.54. The van der Waals surface area contributed by atoms with Crippen LogP contribution in [-0.2, 0) is 6.54 Å². The van der Waals surface area contributed by atoms with Crippen LogP contribution in [0.15, 0.2) is 24.3 Å². The van der Waals surface area contributed by atoms with E-state index in [1.54, 1.807) is 19.0 Å². The summed E-state index contributed by atoms with van der Waals surface area (Å²) in [6, 6.07) is 7.57. The maximum atomic E-state index is 11.7. The lowest BCUT2D eigenvalue weighted by molar-refractivity contribution is 0.0827. The average molecular weight is 236 g/mol. The predicted octanol–water partition coefficient (Wildman–Crippen LogP) is 0.812. The van der Waals surface area contributed by atoms with Crippen molar-refractivity contribution < 1.29 is 9.90 Å². The van der Waals surface area contributed by atoms with Crippen molar-refractivity contribution in [2.45, 2.75) is 6.54 Å². The average Bonchev–Trinajstić information content (AvgIpc) is 2.29. The van der Waals surface area contributed by atoms with Crippen molar-refractivity contribution in [1.29, 1.82) is 0 Å². The maximum absolute atomic E-state index is 11.7. The lowest BCUT2D eigenvalue weighted by atomic mass is 10.1. The second-order valence-electron chi connectivity index (χ2n) is 4.36. The van der Waals surface area contributed by atoms with Gasteiger partial charge in [-0.15, -0.1) is 0 Å². The van der Waals surface area contributed by atoms with Gasteiger partial charge in [0, 0.05) is 32.7 Å². The molecule has 0 aliphatic carbocycles. The van der Waals surface area contributed by atoms with Gasteiger partial charge in [0.2, 0.25) is 0 Å².